The molecule has 210 valence electrons. The Bertz CT molecular complexity index is 1280. The van der Waals surface area contributed by atoms with E-state index in [-0.39, 0.29) is 5.41 Å². The Morgan fingerprint density at radius 2 is 1.40 bits per heavy atom. The summed E-state index contributed by atoms with van der Waals surface area (Å²) in [6.45, 7) is 4.73. The lowest BCUT2D eigenvalue weighted by molar-refractivity contribution is 0.292. The van der Waals surface area contributed by atoms with Crippen molar-refractivity contribution in [1.82, 2.24) is 15.3 Å². The molecule has 1 saturated carbocycles. The summed E-state index contributed by atoms with van der Waals surface area (Å²) in [5.41, 5.74) is 4.36. The van der Waals surface area contributed by atoms with E-state index in [2.05, 4.69) is 81.1 Å². The largest absolute Gasteiger partial charge is 0.361 e. The van der Waals surface area contributed by atoms with Gasteiger partial charge in [-0.3, -0.25) is 0 Å². The van der Waals surface area contributed by atoms with Crippen LogP contribution in [0.1, 0.15) is 74.5 Å². The summed E-state index contributed by atoms with van der Waals surface area (Å²) in [7, 11) is 0. The van der Waals surface area contributed by atoms with Gasteiger partial charge in [-0.15, -0.1) is 0 Å². The maximum atomic E-state index is 5.85. The maximum absolute atomic E-state index is 5.85. The lowest BCUT2D eigenvalue weighted by Gasteiger charge is -2.38. The highest BCUT2D eigenvalue weighted by molar-refractivity contribution is 7.80. The van der Waals surface area contributed by atoms with Crippen molar-refractivity contribution in [2.24, 2.45) is 0 Å². The van der Waals surface area contributed by atoms with Crippen molar-refractivity contribution in [3.8, 4) is 0 Å². The van der Waals surface area contributed by atoms with Crippen LogP contribution in [0.3, 0.4) is 0 Å². The molecule has 1 aromatic heterocycles. The Balaban J connectivity index is 1.21. The molecule has 0 unspecified atom stereocenters. The van der Waals surface area contributed by atoms with E-state index < -0.39 is 0 Å². The summed E-state index contributed by atoms with van der Waals surface area (Å²) >= 11 is 5.85. The number of fused-ring (bicyclic) bond motifs is 1. The predicted octanol–water partition coefficient (Wildman–Crippen LogP) is 6.61. The summed E-state index contributed by atoms with van der Waals surface area (Å²) in [4.78, 5) is 14.8. The molecule has 3 aliphatic rings. The first kappa shape index (κ1) is 27.0. The number of nitrogens with one attached hydrogen (secondary N) is 2. The van der Waals surface area contributed by atoms with Crippen LogP contribution in [-0.2, 0) is 18.4 Å². The second-order valence-electron chi connectivity index (χ2n) is 11.8. The molecule has 0 radical (unpaired) electrons. The second kappa shape index (κ2) is 12.5. The fourth-order valence-corrected chi connectivity index (χ4v) is 6.94. The van der Waals surface area contributed by atoms with E-state index in [9.17, 15) is 0 Å². The quantitative estimate of drug-likeness (QED) is 0.333. The smallest absolute Gasteiger partial charge is 0.232 e. The monoisotopic (exact) mass is 554 g/mol. The first-order valence-electron chi connectivity index (χ1n) is 15.2. The van der Waals surface area contributed by atoms with Gasteiger partial charge in [0.2, 0.25) is 5.95 Å². The standard InChI is InChI=1S/C33H42N6S/c40-32(34-25-33(18-9-4-10-19-33)28-15-5-3-6-16-28)37-31-35-29(38-20-11-1-2-12-21-38)23-30(36-31)39-22-17-26-13-7-8-14-27(26)24-39/h3,5-8,13-16,23H,1-2,4,9-12,17-22,24-25H2,(H2,34,35,36,37,40). The number of rotatable bonds is 6. The first-order chi connectivity index (χ1) is 19.7. The predicted molar refractivity (Wildman–Crippen MR) is 169 cm³/mol. The number of nitrogens with zero attached hydrogens (tertiary/aromatic N) is 4. The summed E-state index contributed by atoms with van der Waals surface area (Å²) in [6.07, 6.45) is 12.3. The molecule has 2 aromatic carbocycles. The van der Waals surface area contributed by atoms with Crippen molar-refractivity contribution < 1.29 is 0 Å². The molecule has 1 saturated heterocycles. The average molecular weight is 555 g/mol. The molecule has 3 heterocycles. The van der Waals surface area contributed by atoms with Crippen LogP contribution in [0.5, 0.6) is 0 Å². The molecule has 3 aromatic rings. The van der Waals surface area contributed by atoms with Crippen molar-refractivity contribution in [2.45, 2.75) is 76.2 Å². The second-order valence-corrected chi connectivity index (χ2v) is 12.2. The summed E-state index contributed by atoms with van der Waals surface area (Å²) in [5.74, 6) is 2.57. The van der Waals surface area contributed by atoms with Crippen LogP contribution in [0, 0.1) is 0 Å². The van der Waals surface area contributed by atoms with Gasteiger partial charge in [0.05, 0.1) is 0 Å². The maximum Gasteiger partial charge on any atom is 0.232 e. The number of hydrogen-bond acceptors (Lipinski definition) is 5. The van der Waals surface area contributed by atoms with E-state index in [0.717, 1.165) is 50.8 Å². The highest BCUT2D eigenvalue weighted by atomic mass is 32.1. The molecule has 40 heavy (non-hydrogen) atoms. The minimum atomic E-state index is 0.117. The molecular formula is C33H42N6S. The number of thiocarbonyl (C=S) groups is 1. The fourth-order valence-electron chi connectivity index (χ4n) is 6.78. The first-order valence-corrected chi connectivity index (χ1v) is 15.7. The summed E-state index contributed by atoms with van der Waals surface area (Å²) < 4.78 is 0. The lowest BCUT2D eigenvalue weighted by atomic mass is 9.69. The third-order valence-electron chi connectivity index (χ3n) is 9.09. The number of anilines is 3. The van der Waals surface area contributed by atoms with E-state index in [0.29, 0.717) is 11.1 Å². The van der Waals surface area contributed by atoms with Gasteiger partial charge in [0.15, 0.2) is 5.11 Å². The van der Waals surface area contributed by atoms with Gasteiger partial charge in [-0.2, -0.15) is 9.97 Å². The Hall–Kier alpha value is -3.19. The zero-order valence-corrected chi connectivity index (χ0v) is 24.4. The van der Waals surface area contributed by atoms with E-state index >= 15 is 0 Å². The molecule has 2 N–H and O–H groups in total. The summed E-state index contributed by atoms with van der Waals surface area (Å²) in [5, 5.41) is 7.56. The van der Waals surface area contributed by atoms with Crippen LogP contribution < -0.4 is 20.4 Å². The topological polar surface area (TPSA) is 56.3 Å². The molecule has 6 rings (SSSR count). The number of aromatic nitrogens is 2. The molecule has 7 heteroatoms. The highest BCUT2D eigenvalue weighted by Gasteiger charge is 2.34. The normalized spacial score (nSPS) is 18.9. The third kappa shape index (κ3) is 6.25. The molecule has 0 spiro atoms. The Labute approximate surface area is 244 Å². The molecule has 6 nitrogen and oxygen atoms in total. The van der Waals surface area contributed by atoms with Gasteiger partial charge in [-0.1, -0.05) is 86.7 Å². The minimum absolute atomic E-state index is 0.117. The summed E-state index contributed by atoms with van der Waals surface area (Å²) in [6, 6.07) is 21.9. The van der Waals surface area contributed by atoms with Gasteiger partial charge < -0.3 is 20.4 Å². The van der Waals surface area contributed by atoms with Crippen LogP contribution in [0.4, 0.5) is 17.6 Å². The van der Waals surface area contributed by atoms with E-state index in [1.165, 1.54) is 74.5 Å². The lowest BCUT2D eigenvalue weighted by Crippen LogP contribution is -2.43. The molecule has 0 atom stereocenters. The van der Waals surface area contributed by atoms with Crippen molar-refractivity contribution in [2.75, 3.05) is 41.3 Å². The Morgan fingerprint density at radius 3 is 2.15 bits per heavy atom. The van der Waals surface area contributed by atoms with Gasteiger partial charge in [-0.05, 0) is 61.0 Å². The minimum Gasteiger partial charge on any atom is -0.361 e. The zero-order valence-electron chi connectivity index (χ0n) is 23.6. The van der Waals surface area contributed by atoms with Crippen molar-refractivity contribution in [3.63, 3.8) is 0 Å². The van der Waals surface area contributed by atoms with E-state index in [4.69, 9.17) is 22.2 Å². The van der Waals surface area contributed by atoms with Crippen LogP contribution in [0.2, 0.25) is 0 Å². The van der Waals surface area contributed by atoms with Crippen molar-refractivity contribution in [1.29, 1.82) is 0 Å². The van der Waals surface area contributed by atoms with E-state index in [1.807, 2.05) is 0 Å². The molecule has 0 bridgehead atoms. The van der Waals surface area contributed by atoms with Gasteiger partial charge >= 0.3 is 0 Å². The zero-order chi connectivity index (χ0) is 27.2. The molecule has 2 fully saturated rings. The van der Waals surface area contributed by atoms with Gasteiger partial charge in [0.25, 0.3) is 0 Å². The van der Waals surface area contributed by atoms with Gasteiger partial charge in [0.1, 0.15) is 11.6 Å². The van der Waals surface area contributed by atoms with Crippen molar-refractivity contribution >= 4 is 34.9 Å². The molecule has 1 aliphatic carbocycles. The Kier molecular flexibility index (Phi) is 8.47. The number of benzene rings is 2. The van der Waals surface area contributed by atoms with Crippen LogP contribution in [0.25, 0.3) is 0 Å². The van der Waals surface area contributed by atoms with Crippen LogP contribution >= 0.6 is 12.2 Å². The van der Waals surface area contributed by atoms with Crippen molar-refractivity contribution in [3.05, 3.63) is 77.4 Å². The third-order valence-corrected chi connectivity index (χ3v) is 9.34. The fraction of sp³-hybridized carbons (Fsp3) is 0.485. The van der Waals surface area contributed by atoms with Gasteiger partial charge in [-0.25, -0.2) is 0 Å². The van der Waals surface area contributed by atoms with Gasteiger partial charge in [0, 0.05) is 44.2 Å². The van der Waals surface area contributed by atoms with E-state index in [1.54, 1.807) is 0 Å². The molecule has 0 amide bonds. The highest BCUT2D eigenvalue weighted by Crippen LogP contribution is 2.39. The molecular weight excluding hydrogens is 512 g/mol. The Morgan fingerprint density at radius 1 is 0.750 bits per heavy atom. The van der Waals surface area contributed by atoms with Crippen LogP contribution in [0.15, 0.2) is 60.7 Å². The SMILES string of the molecule is S=C(NCC1(c2ccccc2)CCCCC1)Nc1nc(N2CCCCCC2)cc(N2CCc3ccccc3C2)n1. The van der Waals surface area contributed by atoms with Crippen LogP contribution in [-0.4, -0.2) is 41.3 Å². The molecule has 2 aliphatic heterocycles. The number of hydrogen-bond donors (Lipinski definition) is 2. The average Bonchev–Trinajstić information content (AvgIpc) is 3.31.